The molecular formula is C51H29N3S3. The molecule has 4 heterocycles. The molecule has 0 N–H and O–H groups in total. The zero-order chi connectivity index (χ0) is 37.5. The Morgan fingerprint density at radius 3 is 1.54 bits per heavy atom. The average Bonchev–Trinajstić information content (AvgIpc) is 3.97. The molecule has 0 fully saturated rings. The van der Waals surface area contributed by atoms with Gasteiger partial charge in [0.1, 0.15) is 0 Å². The van der Waals surface area contributed by atoms with Gasteiger partial charge >= 0.3 is 0 Å². The quantitative estimate of drug-likeness (QED) is 0.175. The Bertz CT molecular complexity index is 3470. The van der Waals surface area contributed by atoms with E-state index in [1.54, 1.807) is 0 Å². The zero-order valence-corrected chi connectivity index (χ0v) is 32.8. The number of hydrogen-bond donors (Lipinski definition) is 0. The van der Waals surface area contributed by atoms with E-state index in [2.05, 4.69) is 140 Å². The van der Waals surface area contributed by atoms with Crippen LogP contribution in [-0.4, -0.2) is 15.0 Å². The first-order chi connectivity index (χ1) is 28.2. The van der Waals surface area contributed by atoms with E-state index in [9.17, 15) is 0 Å². The normalized spacial score (nSPS) is 11.9. The maximum Gasteiger partial charge on any atom is 0.164 e. The molecule has 12 rings (SSSR count). The van der Waals surface area contributed by atoms with Gasteiger partial charge in [-0.3, -0.25) is 0 Å². The summed E-state index contributed by atoms with van der Waals surface area (Å²) in [4.78, 5) is 15.2. The lowest BCUT2D eigenvalue weighted by atomic mass is 9.93. The topological polar surface area (TPSA) is 38.7 Å². The summed E-state index contributed by atoms with van der Waals surface area (Å²) >= 11 is 5.59. The molecule has 266 valence electrons. The summed E-state index contributed by atoms with van der Waals surface area (Å²) in [5, 5.41) is 7.63. The molecule has 4 aromatic heterocycles. The fraction of sp³-hybridized carbons (Fsp3) is 0. The van der Waals surface area contributed by atoms with Crippen LogP contribution in [0.25, 0.3) is 117 Å². The van der Waals surface area contributed by atoms with E-state index in [1.807, 2.05) is 70.4 Å². The smallest absolute Gasteiger partial charge is 0.164 e. The van der Waals surface area contributed by atoms with Crippen LogP contribution in [0.4, 0.5) is 0 Å². The van der Waals surface area contributed by atoms with Crippen molar-refractivity contribution in [3.05, 3.63) is 176 Å². The fourth-order valence-electron chi connectivity index (χ4n) is 8.32. The Kier molecular flexibility index (Phi) is 7.45. The first kappa shape index (κ1) is 32.7. The Morgan fingerprint density at radius 1 is 0.281 bits per heavy atom. The molecule has 0 saturated heterocycles. The summed E-state index contributed by atoms with van der Waals surface area (Å²) in [6.45, 7) is 0. The van der Waals surface area contributed by atoms with Crippen LogP contribution >= 0.6 is 34.0 Å². The highest BCUT2D eigenvalue weighted by atomic mass is 32.1. The maximum atomic E-state index is 5.12. The molecule has 0 bridgehead atoms. The number of benzene rings is 8. The van der Waals surface area contributed by atoms with Gasteiger partial charge in [0.15, 0.2) is 17.5 Å². The third-order valence-corrected chi connectivity index (χ3v) is 14.4. The second kappa shape index (κ2) is 13.0. The highest BCUT2D eigenvalue weighted by Crippen LogP contribution is 2.47. The van der Waals surface area contributed by atoms with Gasteiger partial charge in [-0.2, -0.15) is 0 Å². The first-order valence-corrected chi connectivity index (χ1v) is 21.4. The van der Waals surface area contributed by atoms with Crippen LogP contribution in [0.2, 0.25) is 0 Å². The molecule has 0 aliphatic rings. The van der Waals surface area contributed by atoms with Gasteiger partial charge in [0.2, 0.25) is 0 Å². The monoisotopic (exact) mass is 779 g/mol. The number of hydrogen-bond acceptors (Lipinski definition) is 6. The number of nitrogens with zero attached hydrogens (tertiary/aromatic N) is 3. The molecule has 0 unspecified atom stereocenters. The molecule has 8 aromatic carbocycles. The van der Waals surface area contributed by atoms with Gasteiger partial charge in [0.05, 0.1) is 0 Å². The van der Waals surface area contributed by atoms with Gasteiger partial charge in [-0.25, -0.2) is 15.0 Å². The highest BCUT2D eigenvalue weighted by molar-refractivity contribution is 7.27. The molecule has 57 heavy (non-hydrogen) atoms. The lowest BCUT2D eigenvalue weighted by Gasteiger charge is -2.11. The van der Waals surface area contributed by atoms with Crippen molar-refractivity contribution in [1.82, 2.24) is 15.0 Å². The third-order valence-electron chi connectivity index (χ3n) is 10.9. The summed E-state index contributed by atoms with van der Waals surface area (Å²) in [7, 11) is 0. The average molecular weight is 780 g/mol. The predicted molar refractivity (Wildman–Crippen MR) is 246 cm³/mol. The van der Waals surface area contributed by atoms with Gasteiger partial charge in [-0.15, -0.1) is 34.0 Å². The fourth-order valence-corrected chi connectivity index (χ4v) is 11.8. The summed E-state index contributed by atoms with van der Waals surface area (Å²) < 4.78 is 7.70. The van der Waals surface area contributed by atoms with Gasteiger partial charge < -0.3 is 0 Å². The minimum Gasteiger partial charge on any atom is -0.208 e. The van der Waals surface area contributed by atoms with Crippen molar-refractivity contribution in [3.63, 3.8) is 0 Å². The molecule has 12 aromatic rings. The van der Waals surface area contributed by atoms with Crippen LogP contribution in [0.1, 0.15) is 0 Å². The van der Waals surface area contributed by atoms with Crippen molar-refractivity contribution in [2.45, 2.75) is 0 Å². The summed E-state index contributed by atoms with van der Waals surface area (Å²) in [5.41, 5.74) is 7.93. The Hall–Kier alpha value is -6.57. The van der Waals surface area contributed by atoms with Crippen molar-refractivity contribution >= 4 is 94.5 Å². The second-order valence-electron chi connectivity index (χ2n) is 14.3. The number of thiophene rings is 3. The lowest BCUT2D eigenvalue weighted by molar-refractivity contribution is 1.08. The van der Waals surface area contributed by atoms with Crippen LogP contribution in [0, 0.1) is 0 Å². The Balaban J connectivity index is 1.07. The molecule has 0 radical (unpaired) electrons. The van der Waals surface area contributed by atoms with E-state index in [-0.39, 0.29) is 0 Å². The van der Waals surface area contributed by atoms with Crippen LogP contribution in [-0.2, 0) is 0 Å². The number of rotatable bonds is 5. The highest BCUT2D eigenvalue weighted by Gasteiger charge is 2.20. The van der Waals surface area contributed by atoms with Gasteiger partial charge in [0, 0.05) is 82.8 Å². The van der Waals surface area contributed by atoms with Crippen LogP contribution in [0.5, 0.6) is 0 Å². The van der Waals surface area contributed by atoms with Gasteiger partial charge in [-0.1, -0.05) is 133 Å². The molecule has 0 aliphatic heterocycles. The van der Waals surface area contributed by atoms with Crippen molar-refractivity contribution < 1.29 is 0 Å². The lowest BCUT2D eigenvalue weighted by Crippen LogP contribution is -2.00. The first-order valence-electron chi connectivity index (χ1n) is 18.9. The molecule has 0 spiro atoms. The Morgan fingerprint density at radius 2 is 0.825 bits per heavy atom. The minimum atomic E-state index is 0.664. The molecule has 0 amide bonds. The molecular weight excluding hydrogens is 751 g/mol. The molecule has 0 aliphatic carbocycles. The number of fused-ring (bicyclic) bond motifs is 9. The zero-order valence-electron chi connectivity index (χ0n) is 30.3. The molecule has 6 heteroatoms. The van der Waals surface area contributed by atoms with Crippen molar-refractivity contribution in [3.8, 4) is 56.4 Å². The third kappa shape index (κ3) is 5.33. The van der Waals surface area contributed by atoms with Crippen molar-refractivity contribution in [2.75, 3.05) is 0 Å². The van der Waals surface area contributed by atoms with Crippen molar-refractivity contribution in [1.29, 1.82) is 0 Å². The largest absolute Gasteiger partial charge is 0.208 e. The summed E-state index contributed by atoms with van der Waals surface area (Å²) in [6, 6.07) is 63.1. The van der Waals surface area contributed by atoms with E-state index in [1.165, 1.54) is 82.8 Å². The van der Waals surface area contributed by atoms with E-state index in [0.717, 1.165) is 16.7 Å². The van der Waals surface area contributed by atoms with E-state index in [4.69, 9.17) is 15.0 Å². The molecule has 0 atom stereocenters. The summed E-state index contributed by atoms with van der Waals surface area (Å²) in [6.07, 6.45) is 0. The van der Waals surface area contributed by atoms with Crippen LogP contribution in [0.3, 0.4) is 0 Å². The van der Waals surface area contributed by atoms with E-state index in [0.29, 0.717) is 17.5 Å². The van der Waals surface area contributed by atoms with E-state index >= 15 is 0 Å². The SMILES string of the molecule is c1ccc(-c2nc(-c3ccccc3)nc(-c3cccc4sc5cc(-c6cc(-c7cccc8sc9ccccc9c78)cc7c6sc6ccccc67)ccc5c34)n2)cc1. The van der Waals surface area contributed by atoms with Crippen molar-refractivity contribution in [2.24, 2.45) is 0 Å². The van der Waals surface area contributed by atoms with E-state index < -0.39 is 0 Å². The van der Waals surface area contributed by atoms with Gasteiger partial charge in [-0.05, 0) is 59.2 Å². The molecule has 3 nitrogen and oxygen atoms in total. The second-order valence-corrected chi connectivity index (χ2v) is 17.5. The molecule has 0 saturated carbocycles. The summed E-state index contributed by atoms with van der Waals surface area (Å²) in [5.74, 6) is 2.00. The predicted octanol–water partition coefficient (Wildman–Crippen LogP) is 15.3. The van der Waals surface area contributed by atoms with Crippen LogP contribution in [0.15, 0.2) is 176 Å². The van der Waals surface area contributed by atoms with Gasteiger partial charge in [0.25, 0.3) is 0 Å². The van der Waals surface area contributed by atoms with Crippen LogP contribution < -0.4 is 0 Å². The minimum absolute atomic E-state index is 0.664. The standard InChI is InChI=1S/C51H29N3S3/c1-3-13-30(14-4-1)49-52-50(31-15-5-2-6-16-31)54-51(53-49)38-20-12-24-44-47(38)37-26-25-32(29-45(37)56-44)39-27-33(28-40-35-17-7-9-21-41(35)57-48(39)40)34-19-11-23-43-46(34)36-18-8-10-22-42(36)55-43/h1-29H. The maximum absolute atomic E-state index is 5.12. The Labute approximate surface area is 339 Å². The number of aromatic nitrogens is 3.